The molecule has 1 N–H and O–H groups in total. The molecule has 0 bridgehead atoms. The van der Waals surface area contributed by atoms with Gasteiger partial charge in [-0.15, -0.1) is 0 Å². The Kier molecular flexibility index (Phi) is 10.8. The lowest BCUT2D eigenvalue weighted by atomic mass is 9.93. The van der Waals surface area contributed by atoms with Crippen LogP contribution in [0.2, 0.25) is 0 Å². The molecule has 0 spiro atoms. The average molecular weight is 335 g/mol. The summed E-state index contributed by atoms with van der Waals surface area (Å²) in [5.41, 5.74) is 0.929. The number of aliphatic hydroxyl groups is 1. The third-order valence-electron chi connectivity index (χ3n) is 4.86. The lowest BCUT2D eigenvalue weighted by Crippen LogP contribution is -2.05. The van der Waals surface area contributed by atoms with Crippen molar-refractivity contribution in [2.75, 3.05) is 6.61 Å². The first kappa shape index (κ1) is 21.0. The molecule has 1 rings (SSSR count). The van der Waals surface area contributed by atoms with Crippen molar-refractivity contribution in [1.29, 1.82) is 0 Å². The van der Waals surface area contributed by atoms with E-state index >= 15 is 0 Å². The van der Waals surface area contributed by atoms with E-state index in [9.17, 15) is 0 Å². The second-order valence-corrected chi connectivity index (χ2v) is 7.91. The molecule has 2 unspecified atom stereocenters. The summed E-state index contributed by atoms with van der Waals surface area (Å²) in [6.45, 7) is 10.2. The molecule has 2 atom stereocenters. The van der Waals surface area contributed by atoms with Gasteiger partial charge in [-0.25, -0.2) is 0 Å². The molecule has 0 saturated heterocycles. The zero-order chi connectivity index (χ0) is 17.8. The van der Waals surface area contributed by atoms with Crippen LogP contribution < -0.4 is 4.74 Å². The number of aliphatic hydroxyl groups excluding tert-OH is 1. The van der Waals surface area contributed by atoms with E-state index in [2.05, 4.69) is 27.7 Å². The van der Waals surface area contributed by atoms with Gasteiger partial charge in [0.25, 0.3) is 0 Å². The highest BCUT2D eigenvalue weighted by Crippen LogP contribution is 2.20. The van der Waals surface area contributed by atoms with Crippen LogP contribution in [0.15, 0.2) is 24.3 Å². The van der Waals surface area contributed by atoms with E-state index < -0.39 is 0 Å². The lowest BCUT2D eigenvalue weighted by molar-refractivity contribution is 0.272. The van der Waals surface area contributed by atoms with Gasteiger partial charge in [0.05, 0.1) is 13.2 Å². The van der Waals surface area contributed by atoms with E-state index in [0.29, 0.717) is 0 Å². The van der Waals surface area contributed by atoms with E-state index in [1.165, 1.54) is 38.5 Å². The monoisotopic (exact) mass is 334 g/mol. The largest absolute Gasteiger partial charge is 0.494 e. The first-order chi connectivity index (χ1) is 11.5. The molecule has 0 saturated carbocycles. The zero-order valence-corrected chi connectivity index (χ0v) is 16.3. The standard InChI is InChI=1S/C22H38O2/c1-18(2)7-5-8-19(3)9-6-10-20(4)15-16-24-22-13-11-21(17-23)12-14-22/h11-14,18-20,23H,5-10,15-17H2,1-4H3. The highest BCUT2D eigenvalue weighted by molar-refractivity contribution is 5.26. The summed E-state index contributed by atoms with van der Waals surface area (Å²) >= 11 is 0. The second-order valence-electron chi connectivity index (χ2n) is 7.91. The fourth-order valence-electron chi connectivity index (χ4n) is 3.05. The SMILES string of the molecule is CC(C)CCCC(C)CCCC(C)CCOc1ccc(CO)cc1. The molecular formula is C22H38O2. The maximum absolute atomic E-state index is 9.03. The van der Waals surface area contributed by atoms with Crippen molar-refractivity contribution in [2.45, 2.75) is 79.2 Å². The van der Waals surface area contributed by atoms with Gasteiger partial charge < -0.3 is 9.84 Å². The summed E-state index contributed by atoms with van der Waals surface area (Å²) in [5, 5.41) is 9.03. The predicted octanol–water partition coefficient (Wildman–Crippen LogP) is 6.22. The van der Waals surface area contributed by atoms with Crippen LogP contribution in [0.4, 0.5) is 0 Å². The molecule has 1 aromatic carbocycles. The van der Waals surface area contributed by atoms with Gasteiger partial charge in [-0.3, -0.25) is 0 Å². The highest BCUT2D eigenvalue weighted by Gasteiger charge is 2.07. The molecule has 1 aromatic rings. The first-order valence-corrected chi connectivity index (χ1v) is 9.83. The van der Waals surface area contributed by atoms with Crippen LogP contribution in [0, 0.1) is 17.8 Å². The van der Waals surface area contributed by atoms with E-state index in [1.54, 1.807) is 0 Å². The van der Waals surface area contributed by atoms with Gasteiger partial charge in [0.1, 0.15) is 5.75 Å². The first-order valence-electron chi connectivity index (χ1n) is 9.83. The molecule has 0 fully saturated rings. The Bertz CT molecular complexity index is 410. The minimum absolute atomic E-state index is 0.0905. The summed E-state index contributed by atoms with van der Waals surface area (Å²) in [6, 6.07) is 7.71. The van der Waals surface area contributed by atoms with E-state index in [0.717, 1.165) is 42.1 Å². The van der Waals surface area contributed by atoms with Crippen LogP contribution in [0.1, 0.15) is 78.2 Å². The molecular weight excluding hydrogens is 296 g/mol. The van der Waals surface area contributed by atoms with Gasteiger partial charge in [-0.1, -0.05) is 78.4 Å². The average Bonchev–Trinajstić information content (AvgIpc) is 2.55. The van der Waals surface area contributed by atoms with Crippen molar-refractivity contribution >= 4 is 0 Å². The molecule has 0 amide bonds. The van der Waals surface area contributed by atoms with Crippen molar-refractivity contribution in [1.82, 2.24) is 0 Å². The number of hydrogen-bond acceptors (Lipinski definition) is 2. The maximum atomic E-state index is 9.03. The van der Waals surface area contributed by atoms with E-state index in [1.807, 2.05) is 24.3 Å². The third kappa shape index (κ3) is 9.97. The number of ether oxygens (including phenoxy) is 1. The minimum atomic E-state index is 0.0905. The quantitative estimate of drug-likeness (QED) is 0.464. The summed E-state index contributed by atoms with van der Waals surface area (Å²) < 4.78 is 5.80. The van der Waals surface area contributed by atoms with Crippen molar-refractivity contribution < 1.29 is 9.84 Å². The fourth-order valence-corrected chi connectivity index (χ4v) is 3.05. The van der Waals surface area contributed by atoms with Crippen molar-refractivity contribution in [3.63, 3.8) is 0 Å². The topological polar surface area (TPSA) is 29.5 Å². The van der Waals surface area contributed by atoms with Gasteiger partial charge >= 0.3 is 0 Å². The fraction of sp³-hybridized carbons (Fsp3) is 0.727. The van der Waals surface area contributed by atoms with Crippen molar-refractivity contribution in [2.24, 2.45) is 17.8 Å². The number of rotatable bonds is 13. The van der Waals surface area contributed by atoms with Gasteiger partial charge in [0.15, 0.2) is 0 Å². The lowest BCUT2D eigenvalue weighted by Gasteiger charge is -2.15. The third-order valence-corrected chi connectivity index (χ3v) is 4.86. The zero-order valence-electron chi connectivity index (χ0n) is 16.3. The molecule has 2 nitrogen and oxygen atoms in total. The van der Waals surface area contributed by atoms with E-state index in [4.69, 9.17) is 9.84 Å². The van der Waals surface area contributed by atoms with Crippen LogP contribution in [-0.2, 0) is 6.61 Å². The van der Waals surface area contributed by atoms with Gasteiger partial charge in [-0.05, 0) is 41.9 Å². The normalized spacial score (nSPS) is 13.9. The Morgan fingerprint density at radius 1 is 0.792 bits per heavy atom. The Morgan fingerprint density at radius 2 is 1.33 bits per heavy atom. The summed E-state index contributed by atoms with van der Waals surface area (Å²) in [4.78, 5) is 0. The van der Waals surface area contributed by atoms with Gasteiger partial charge in [-0.2, -0.15) is 0 Å². The van der Waals surface area contributed by atoms with Gasteiger partial charge in [0.2, 0.25) is 0 Å². The Morgan fingerprint density at radius 3 is 1.88 bits per heavy atom. The smallest absolute Gasteiger partial charge is 0.119 e. The predicted molar refractivity (Wildman–Crippen MR) is 103 cm³/mol. The van der Waals surface area contributed by atoms with Crippen molar-refractivity contribution in [3.05, 3.63) is 29.8 Å². The summed E-state index contributed by atoms with van der Waals surface area (Å²) in [7, 11) is 0. The number of hydrogen-bond donors (Lipinski definition) is 1. The molecule has 0 aromatic heterocycles. The highest BCUT2D eigenvalue weighted by atomic mass is 16.5. The molecule has 24 heavy (non-hydrogen) atoms. The second kappa shape index (κ2) is 12.4. The molecule has 2 heteroatoms. The Labute approximate surface area is 149 Å². The molecule has 0 aliphatic rings. The summed E-state index contributed by atoms with van der Waals surface area (Å²) in [5.74, 6) is 3.34. The maximum Gasteiger partial charge on any atom is 0.119 e. The van der Waals surface area contributed by atoms with Crippen LogP contribution in [0.25, 0.3) is 0 Å². The van der Waals surface area contributed by atoms with Gasteiger partial charge in [0, 0.05) is 0 Å². The minimum Gasteiger partial charge on any atom is -0.494 e. The van der Waals surface area contributed by atoms with Crippen molar-refractivity contribution in [3.8, 4) is 5.75 Å². The van der Waals surface area contributed by atoms with Crippen LogP contribution in [-0.4, -0.2) is 11.7 Å². The van der Waals surface area contributed by atoms with Crippen LogP contribution >= 0.6 is 0 Å². The molecule has 0 aliphatic heterocycles. The molecule has 0 aliphatic carbocycles. The Hall–Kier alpha value is -1.02. The van der Waals surface area contributed by atoms with E-state index in [-0.39, 0.29) is 6.61 Å². The Balaban J connectivity index is 2.05. The number of benzene rings is 1. The van der Waals surface area contributed by atoms with Crippen LogP contribution in [0.3, 0.4) is 0 Å². The molecule has 0 heterocycles. The molecule has 138 valence electrons. The molecule has 0 radical (unpaired) electrons. The summed E-state index contributed by atoms with van der Waals surface area (Å²) in [6.07, 6.45) is 9.28. The van der Waals surface area contributed by atoms with Crippen LogP contribution in [0.5, 0.6) is 5.75 Å².